The highest BCUT2D eigenvalue weighted by atomic mass is 32.1. The van der Waals surface area contributed by atoms with Gasteiger partial charge in [0.2, 0.25) is 0 Å². The minimum atomic E-state index is -0.697. The van der Waals surface area contributed by atoms with Crippen LogP contribution in [0.1, 0.15) is 38.5 Å². The Bertz CT molecular complexity index is 212. The van der Waals surface area contributed by atoms with Gasteiger partial charge in [0.1, 0.15) is 0 Å². The van der Waals surface area contributed by atoms with Gasteiger partial charge < -0.3 is 20.4 Å². The predicted molar refractivity (Wildman–Crippen MR) is 92.2 cm³/mol. The molecule has 122 valence electrons. The normalized spacial score (nSPS) is 19.4. The van der Waals surface area contributed by atoms with Crippen molar-refractivity contribution in [2.45, 2.75) is 66.5 Å². The molecular formula is C13H28O4S3. The lowest BCUT2D eigenvalue weighted by Gasteiger charge is -2.18. The average Bonchev–Trinajstić information content (AvgIpc) is 2.42. The van der Waals surface area contributed by atoms with E-state index < -0.39 is 12.2 Å². The molecule has 0 aliphatic rings. The fraction of sp³-hybridized carbons (Fsp3) is 1.00. The van der Waals surface area contributed by atoms with Crippen LogP contribution in [0.5, 0.6) is 0 Å². The lowest BCUT2D eigenvalue weighted by molar-refractivity contribution is 0.0871. The molecule has 0 spiro atoms. The van der Waals surface area contributed by atoms with Crippen LogP contribution in [0.3, 0.4) is 0 Å². The Morgan fingerprint density at radius 3 is 1.20 bits per heavy atom. The molecule has 7 heteroatoms. The van der Waals surface area contributed by atoms with Crippen LogP contribution < -0.4 is 0 Å². The van der Waals surface area contributed by atoms with E-state index in [0.29, 0.717) is 12.8 Å². The number of hydrogen-bond acceptors (Lipinski definition) is 7. The molecule has 0 saturated heterocycles. The summed E-state index contributed by atoms with van der Waals surface area (Å²) < 4.78 is 0. The predicted octanol–water partition coefficient (Wildman–Crippen LogP) is 0.929. The first-order chi connectivity index (χ1) is 9.38. The molecule has 0 amide bonds. The number of aliphatic hydroxyl groups excluding tert-OH is 4. The second kappa shape index (κ2) is 12.4. The van der Waals surface area contributed by atoms with Crippen molar-refractivity contribution in [2.75, 3.05) is 13.2 Å². The largest absolute Gasteiger partial charge is 0.394 e. The Hall–Kier alpha value is 0.890. The molecule has 4 nitrogen and oxygen atoms in total. The van der Waals surface area contributed by atoms with Crippen molar-refractivity contribution in [3.8, 4) is 0 Å². The minimum absolute atomic E-state index is 0.0646. The van der Waals surface area contributed by atoms with Gasteiger partial charge in [0.05, 0.1) is 25.4 Å². The first-order valence-corrected chi connectivity index (χ1v) is 8.56. The second-order valence-corrected chi connectivity index (χ2v) is 7.45. The van der Waals surface area contributed by atoms with Crippen molar-refractivity contribution in [1.82, 2.24) is 0 Å². The zero-order valence-electron chi connectivity index (χ0n) is 11.7. The molecule has 0 rings (SSSR count). The molecule has 0 aromatic heterocycles. The first-order valence-electron chi connectivity index (χ1n) is 7.01. The SMILES string of the molecule is OCC(O)CC(S)CCC(S)CCC(S)CC(O)CO. The van der Waals surface area contributed by atoms with E-state index in [1.807, 2.05) is 0 Å². The third-order valence-electron chi connectivity index (χ3n) is 3.18. The lowest BCUT2D eigenvalue weighted by Crippen LogP contribution is -2.19. The summed E-state index contributed by atoms with van der Waals surface area (Å²) in [6.45, 7) is -0.453. The van der Waals surface area contributed by atoms with Gasteiger partial charge in [-0.25, -0.2) is 0 Å². The Morgan fingerprint density at radius 2 is 0.900 bits per heavy atom. The Kier molecular flexibility index (Phi) is 13.0. The van der Waals surface area contributed by atoms with Gasteiger partial charge in [0, 0.05) is 15.7 Å². The third kappa shape index (κ3) is 11.5. The zero-order chi connectivity index (χ0) is 15.5. The van der Waals surface area contributed by atoms with E-state index in [4.69, 9.17) is 10.2 Å². The van der Waals surface area contributed by atoms with Gasteiger partial charge in [-0.05, 0) is 38.5 Å². The maximum absolute atomic E-state index is 9.30. The highest BCUT2D eigenvalue weighted by molar-refractivity contribution is 7.81. The zero-order valence-corrected chi connectivity index (χ0v) is 14.4. The monoisotopic (exact) mass is 344 g/mol. The van der Waals surface area contributed by atoms with Crippen molar-refractivity contribution in [3.63, 3.8) is 0 Å². The highest BCUT2D eigenvalue weighted by Gasteiger charge is 2.15. The average molecular weight is 345 g/mol. The standard InChI is InChI=1S/C13H28O4S3/c14-7-9(16)5-12(19)3-1-11(18)2-4-13(20)6-10(17)8-15/h9-20H,1-8H2. The van der Waals surface area contributed by atoms with Crippen LogP contribution >= 0.6 is 37.9 Å². The number of rotatable bonds is 12. The number of hydrogen-bond donors (Lipinski definition) is 7. The van der Waals surface area contributed by atoms with Crippen LogP contribution in [0.2, 0.25) is 0 Å². The molecule has 0 saturated carbocycles. The van der Waals surface area contributed by atoms with Crippen LogP contribution in [0.15, 0.2) is 0 Å². The molecule has 0 bridgehead atoms. The maximum atomic E-state index is 9.30. The molecule has 4 N–H and O–H groups in total. The van der Waals surface area contributed by atoms with Crippen LogP contribution in [0.25, 0.3) is 0 Å². The van der Waals surface area contributed by atoms with E-state index in [0.717, 1.165) is 25.7 Å². The molecule has 20 heavy (non-hydrogen) atoms. The first kappa shape index (κ1) is 20.9. The fourth-order valence-electron chi connectivity index (χ4n) is 1.93. The van der Waals surface area contributed by atoms with E-state index >= 15 is 0 Å². The van der Waals surface area contributed by atoms with Crippen LogP contribution in [-0.2, 0) is 0 Å². The van der Waals surface area contributed by atoms with Crippen LogP contribution in [-0.4, -0.2) is 61.6 Å². The van der Waals surface area contributed by atoms with Gasteiger partial charge in [-0.2, -0.15) is 37.9 Å². The Labute approximate surface area is 138 Å². The molecule has 0 aliphatic carbocycles. The van der Waals surface area contributed by atoms with E-state index in [2.05, 4.69) is 37.9 Å². The highest BCUT2D eigenvalue weighted by Crippen LogP contribution is 2.21. The molecule has 0 fully saturated rings. The van der Waals surface area contributed by atoms with Gasteiger partial charge in [0.15, 0.2) is 0 Å². The summed E-state index contributed by atoms with van der Waals surface area (Å²) in [4.78, 5) is 0. The second-order valence-electron chi connectivity index (χ2n) is 5.26. The summed E-state index contributed by atoms with van der Waals surface area (Å²) in [5, 5.41) is 36.5. The summed E-state index contributed by atoms with van der Waals surface area (Å²) in [5.74, 6) is 0. The summed E-state index contributed by atoms with van der Waals surface area (Å²) in [5.41, 5.74) is 0. The van der Waals surface area contributed by atoms with Gasteiger partial charge in [-0.1, -0.05) is 0 Å². The smallest absolute Gasteiger partial charge is 0.0781 e. The van der Waals surface area contributed by atoms with E-state index in [9.17, 15) is 10.2 Å². The summed E-state index contributed by atoms with van der Waals surface area (Å²) in [7, 11) is 0. The molecule has 0 aliphatic heterocycles. The molecular weight excluding hydrogens is 316 g/mol. The van der Waals surface area contributed by atoms with Gasteiger partial charge in [0.25, 0.3) is 0 Å². The van der Waals surface area contributed by atoms with Gasteiger partial charge in [-0.15, -0.1) is 0 Å². The summed E-state index contributed by atoms with van der Waals surface area (Å²) in [6.07, 6.45) is 3.03. The van der Waals surface area contributed by atoms with Crippen molar-refractivity contribution in [1.29, 1.82) is 0 Å². The molecule has 0 heterocycles. The molecule has 4 unspecified atom stereocenters. The van der Waals surface area contributed by atoms with E-state index in [-0.39, 0.29) is 29.0 Å². The Morgan fingerprint density at radius 1 is 0.600 bits per heavy atom. The minimum Gasteiger partial charge on any atom is -0.394 e. The topological polar surface area (TPSA) is 80.9 Å². The van der Waals surface area contributed by atoms with Crippen molar-refractivity contribution < 1.29 is 20.4 Å². The Balaban J connectivity index is 3.70. The number of thiol groups is 3. The number of aliphatic hydroxyl groups is 4. The summed E-state index contributed by atoms with van der Waals surface area (Å²) >= 11 is 13.3. The van der Waals surface area contributed by atoms with Crippen LogP contribution in [0.4, 0.5) is 0 Å². The van der Waals surface area contributed by atoms with Crippen molar-refractivity contribution in [3.05, 3.63) is 0 Å². The summed E-state index contributed by atoms with van der Waals surface area (Å²) in [6, 6.07) is 0. The van der Waals surface area contributed by atoms with E-state index in [1.54, 1.807) is 0 Å². The van der Waals surface area contributed by atoms with Crippen LogP contribution in [0, 0.1) is 0 Å². The van der Waals surface area contributed by atoms with Gasteiger partial charge >= 0.3 is 0 Å². The quantitative estimate of drug-likeness (QED) is 0.269. The van der Waals surface area contributed by atoms with Gasteiger partial charge in [-0.3, -0.25) is 0 Å². The fourth-order valence-corrected chi connectivity index (χ4v) is 3.01. The molecule has 0 aromatic rings. The molecule has 0 radical (unpaired) electrons. The van der Waals surface area contributed by atoms with E-state index in [1.165, 1.54) is 0 Å². The third-order valence-corrected chi connectivity index (χ3v) is 4.63. The van der Waals surface area contributed by atoms with Crippen molar-refractivity contribution in [2.24, 2.45) is 0 Å². The van der Waals surface area contributed by atoms with Crippen molar-refractivity contribution >= 4 is 37.9 Å². The lowest BCUT2D eigenvalue weighted by atomic mass is 10.0. The maximum Gasteiger partial charge on any atom is 0.0781 e. The molecule has 0 aromatic carbocycles. The molecule has 4 atom stereocenters.